The topological polar surface area (TPSA) is 92.2 Å². The average molecular weight is 446 g/mol. The van der Waals surface area contributed by atoms with Gasteiger partial charge in [-0.3, -0.25) is 4.79 Å². The molecule has 0 atom stereocenters. The van der Waals surface area contributed by atoms with Crippen molar-refractivity contribution in [3.8, 4) is 5.75 Å². The molecule has 3 heterocycles. The van der Waals surface area contributed by atoms with Gasteiger partial charge < -0.3 is 19.5 Å². The summed E-state index contributed by atoms with van der Waals surface area (Å²) < 4.78 is 10.9. The van der Waals surface area contributed by atoms with Crippen molar-refractivity contribution >= 4 is 45.5 Å². The van der Waals surface area contributed by atoms with Crippen LogP contribution in [0.4, 0.5) is 16.3 Å². The van der Waals surface area contributed by atoms with Crippen LogP contribution in [0.5, 0.6) is 5.75 Å². The first-order chi connectivity index (χ1) is 13.5. The third kappa shape index (κ3) is 3.58. The Labute approximate surface area is 169 Å². The standard InChI is InChI=1S/C19H16BrN3O5/c20-14-9-12(1-3-15(14)24)10-16-18(25)23(19(26)28-16)13-2-4-17(21-11-13)22-5-7-27-8-6-22/h1-4,9-11,24H,5-8H2. The molecule has 0 aliphatic carbocycles. The highest BCUT2D eigenvalue weighted by molar-refractivity contribution is 9.10. The van der Waals surface area contributed by atoms with Crippen molar-refractivity contribution in [3.05, 3.63) is 52.3 Å². The van der Waals surface area contributed by atoms with Crippen LogP contribution in [0.1, 0.15) is 5.56 Å². The Bertz CT molecular complexity index is 955. The largest absolute Gasteiger partial charge is 0.507 e. The first-order valence-electron chi connectivity index (χ1n) is 8.58. The van der Waals surface area contributed by atoms with Crippen molar-refractivity contribution in [2.75, 3.05) is 36.1 Å². The van der Waals surface area contributed by atoms with Crippen molar-refractivity contribution in [1.82, 2.24) is 4.98 Å². The van der Waals surface area contributed by atoms with Crippen LogP contribution >= 0.6 is 15.9 Å². The number of amides is 2. The third-order valence-corrected chi connectivity index (χ3v) is 5.02. The molecule has 1 N–H and O–H groups in total. The molecule has 0 spiro atoms. The zero-order valence-electron chi connectivity index (χ0n) is 14.7. The van der Waals surface area contributed by atoms with Crippen LogP contribution in [0.15, 0.2) is 46.8 Å². The van der Waals surface area contributed by atoms with Gasteiger partial charge in [0.25, 0.3) is 0 Å². The maximum Gasteiger partial charge on any atom is 0.427 e. The maximum absolute atomic E-state index is 12.7. The van der Waals surface area contributed by atoms with E-state index >= 15 is 0 Å². The molecule has 144 valence electrons. The van der Waals surface area contributed by atoms with Crippen LogP contribution in [0.2, 0.25) is 0 Å². The number of benzene rings is 1. The predicted molar refractivity (Wildman–Crippen MR) is 105 cm³/mol. The van der Waals surface area contributed by atoms with E-state index in [9.17, 15) is 14.7 Å². The number of hydrogen-bond donors (Lipinski definition) is 1. The van der Waals surface area contributed by atoms with Gasteiger partial charge in [0.15, 0.2) is 5.76 Å². The molecule has 2 aromatic rings. The van der Waals surface area contributed by atoms with Crippen LogP contribution in [0.25, 0.3) is 6.08 Å². The molecule has 0 bridgehead atoms. The molecule has 2 fully saturated rings. The van der Waals surface area contributed by atoms with Crippen molar-refractivity contribution in [2.45, 2.75) is 0 Å². The lowest BCUT2D eigenvalue weighted by atomic mass is 10.2. The van der Waals surface area contributed by atoms with E-state index in [4.69, 9.17) is 9.47 Å². The molecule has 0 saturated carbocycles. The van der Waals surface area contributed by atoms with Gasteiger partial charge in [-0.25, -0.2) is 14.7 Å². The zero-order valence-corrected chi connectivity index (χ0v) is 16.3. The van der Waals surface area contributed by atoms with Crippen LogP contribution in [-0.4, -0.2) is 48.4 Å². The van der Waals surface area contributed by atoms with Gasteiger partial charge >= 0.3 is 12.0 Å². The number of rotatable bonds is 3. The monoisotopic (exact) mass is 445 g/mol. The fraction of sp³-hybridized carbons (Fsp3) is 0.211. The Kier molecular flexibility index (Phi) is 5.01. The van der Waals surface area contributed by atoms with Crippen LogP contribution in [-0.2, 0) is 14.3 Å². The summed E-state index contributed by atoms with van der Waals surface area (Å²) >= 11 is 3.21. The number of aromatic hydroxyl groups is 1. The van der Waals surface area contributed by atoms with Crippen molar-refractivity contribution in [1.29, 1.82) is 0 Å². The van der Waals surface area contributed by atoms with Crippen molar-refractivity contribution in [3.63, 3.8) is 0 Å². The molecule has 9 heteroatoms. The van der Waals surface area contributed by atoms with Crippen LogP contribution in [0.3, 0.4) is 0 Å². The highest BCUT2D eigenvalue weighted by Crippen LogP contribution is 2.29. The fourth-order valence-corrected chi connectivity index (χ4v) is 3.34. The zero-order chi connectivity index (χ0) is 19.7. The number of pyridine rings is 1. The van der Waals surface area contributed by atoms with Crippen LogP contribution in [0, 0.1) is 0 Å². The van der Waals surface area contributed by atoms with E-state index in [2.05, 4.69) is 25.8 Å². The molecule has 8 nitrogen and oxygen atoms in total. The second-order valence-electron chi connectivity index (χ2n) is 6.20. The van der Waals surface area contributed by atoms with Crippen LogP contribution < -0.4 is 9.80 Å². The quantitative estimate of drug-likeness (QED) is 0.725. The summed E-state index contributed by atoms with van der Waals surface area (Å²) in [5, 5.41) is 9.56. The Balaban J connectivity index is 1.55. The normalized spacial score (nSPS) is 18.7. The van der Waals surface area contributed by atoms with E-state index in [1.165, 1.54) is 18.3 Å². The second-order valence-corrected chi connectivity index (χ2v) is 7.06. The third-order valence-electron chi connectivity index (χ3n) is 4.39. The SMILES string of the molecule is O=C1OC(=Cc2ccc(O)c(Br)c2)C(=O)N1c1ccc(N2CCOCC2)nc1. The molecule has 1 aromatic carbocycles. The predicted octanol–water partition coefficient (Wildman–Crippen LogP) is 2.91. The number of imide groups is 1. The smallest absolute Gasteiger partial charge is 0.427 e. The minimum atomic E-state index is -0.782. The minimum Gasteiger partial charge on any atom is -0.507 e. The van der Waals surface area contributed by atoms with Gasteiger partial charge in [0.05, 0.1) is 29.6 Å². The van der Waals surface area contributed by atoms with E-state index in [1.54, 1.807) is 24.3 Å². The summed E-state index contributed by atoms with van der Waals surface area (Å²) in [7, 11) is 0. The molecule has 2 aliphatic rings. The maximum atomic E-state index is 12.7. The fourth-order valence-electron chi connectivity index (χ4n) is 2.94. The number of phenolic OH excluding ortho intramolecular Hbond substituents is 1. The van der Waals surface area contributed by atoms with Gasteiger partial charge in [0.1, 0.15) is 11.6 Å². The lowest BCUT2D eigenvalue weighted by Crippen LogP contribution is -2.36. The second kappa shape index (κ2) is 7.61. The van der Waals surface area contributed by atoms with E-state index in [-0.39, 0.29) is 11.5 Å². The number of carbonyl (C=O) groups excluding carboxylic acids is 2. The lowest BCUT2D eigenvalue weighted by molar-refractivity contribution is -0.114. The van der Waals surface area contributed by atoms with Gasteiger partial charge in [-0.15, -0.1) is 0 Å². The number of nitrogens with zero attached hydrogens (tertiary/aromatic N) is 3. The molecular formula is C19H16BrN3O5. The number of anilines is 2. The molecule has 28 heavy (non-hydrogen) atoms. The van der Waals surface area contributed by atoms with Gasteiger partial charge in [0, 0.05) is 13.1 Å². The summed E-state index contributed by atoms with van der Waals surface area (Å²) in [5.74, 6) is 0.164. The lowest BCUT2D eigenvalue weighted by Gasteiger charge is -2.27. The number of aromatic nitrogens is 1. The average Bonchev–Trinajstić information content (AvgIpc) is 2.99. The summed E-state index contributed by atoms with van der Waals surface area (Å²) in [6.07, 6.45) is 2.14. The first-order valence-corrected chi connectivity index (χ1v) is 9.37. The molecule has 4 rings (SSSR count). The molecule has 0 radical (unpaired) electrons. The van der Waals surface area contributed by atoms with E-state index < -0.39 is 12.0 Å². The summed E-state index contributed by atoms with van der Waals surface area (Å²) in [5.41, 5.74) is 0.936. The van der Waals surface area contributed by atoms with E-state index in [0.29, 0.717) is 28.9 Å². The molecular weight excluding hydrogens is 430 g/mol. The number of carbonyl (C=O) groups is 2. The molecule has 1 aromatic heterocycles. The molecule has 2 saturated heterocycles. The minimum absolute atomic E-state index is 0.0740. The number of phenols is 1. The highest BCUT2D eigenvalue weighted by atomic mass is 79.9. The molecule has 2 aliphatic heterocycles. The Hall–Kier alpha value is -2.91. The summed E-state index contributed by atoms with van der Waals surface area (Å²) in [6, 6.07) is 8.13. The first kappa shape index (κ1) is 18.5. The summed E-state index contributed by atoms with van der Waals surface area (Å²) in [6.45, 7) is 2.77. The van der Waals surface area contributed by atoms with Gasteiger partial charge in [0.2, 0.25) is 0 Å². The van der Waals surface area contributed by atoms with Crippen molar-refractivity contribution in [2.24, 2.45) is 0 Å². The van der Waals surface area contributed by atoms with E-state index in [0.717, 1.165) is 23.8 Å². The van der Waals surface area contributed by atoms with Gasteiger partial charge in [-0.05, 0) is 51.8 Å². The molecule has 2 amide bonds. The number of morpholine rings is 1. The molecule has 0 unspecified atom stereocenters. The summed E-state index contributed by atoms with van der Waals surface area (Å²) in [4.78, 5) is 32.3. The number of halogens is 1. The number of ether oxygens (including phenoxy) is 2. The number of hydrogen-bond acceptors (Lipinski definition) is 7. The van der Waals surface area contributed by atoms with Crippen molar-refractivity contribution < 1.29 is 24.2 Å². The highest BCUT2D eigenvalue weighted by Gasteiger charge is 2.38. The Morgan fingerprint density at radius 2 is 1.93 bits per heavy atom. The Morgan fingerprint density at radius 1 is 1.14 bits per heavy atom. The number of cyclic esters (lactones) is 1. The van der Waals surface area contributed by atoms with Gasteiger partial charge in [-0.2, -0.15) is 0 Å². The van der Waals surface area contributed by atoms with E-state index in [1.807, 2.05) is 0 Å². The Morgan fingerprint density at radius 3 is 2.61 bits per heavy atom. The van der Waals surface area contributed by atoms with Gasteiger partial charge in [-0.1, -0.05) is 6.07 Å².